The molecule has 19 heavy (non-hydrogen) atoms. The molecule has 1 aromatic carbocycles. The Morgan fingerprint density at radius 2 is 1.79 bits per heavy atom. The van der Waals surface area contributed by atoms with Gasteiger partial charge in [-0.1, -0.05) is 12.1 Å². The minimum atomic E-state index is -2.54. The average Bonchev–Trinajstić information content (AvgIpc) is 2.37. The Bertz CT molecular complexity index is 435. The number of hydrogen-bond donors (Lipinski definition) is 0. The van der Waals surface area contributed by atoms with E-state index in [1.807, 2.05) is 29.2 Å². The Kier molecular flexibility index (Phi) is 4.02. The predicted octanol–water partition coefficient (Wildman–Crippen LogP) is 1.60. The molecule has 0 N–H and O–H groups in total. The van der Waals surface area contributed by atoms with Gasteiger partial charge in [0.1, 0.15) is 0 Å². The molecular weight excluding hydrogens is 252 g/mol. The van der Waals surface area contributed by atoms with Crippen molar-refractivity contribution in [3.63, 3.8) is 0 Å². The quantitative estimate of drug-likeness (QED) is 0.833. The number of aryl methyl sites for hydroxylation is 1. The number of halogens is 2. The number of alkyl halides is 2. The minimum Gasteiger partial charge on any atom is -0.550 e. The van der Waals surface area contributed by atoms with Gasteiger partial charge in [0, 0.05) is 37.6 Å². The monoisotopic (exact) mass is 268 g/mol. The van der Waals surface area contributed by atoms with Gasteiger partial charge in [0.15, 0.2) is 0 Å². The lowest BCUT2D eigenvalue weighted by atomic mass is 10.0. The van der Waals surface area contributed by atoms with Crippen molar-refractivity contribution >= 4 is 11.7 Å². The van der Waals surface area contributed by atoms with E-state index in [1.54, 1.807) is 0 Å². The second kappa shape index (κ2) is 5.55. The highest BCUT2D eigenvalue weighted by Crippen LogP contribution is 2.30. The van der Waals surface area contributed by atoms with Gasteiger partial charge in [-0.3, -0.25) is 0 Å². The molecule has 3 nitrogen and oxygen atoms in total. The SMILES string of the molecule is O=C([O-])CCc1ccc(N2CCC(F)(F)CC2)cc1. The van der Waals surface area contributed by atoms with Gasteiger partial charge in [-0.15, -0.1) is 0 Å². The smallest absolute Gasteiger partial charge is 0.251 e. The second-order valence-electron chi connectivity index (χ2n) is 4.88. The fourth-order valence-corrected chi connectivity index (χ4v) is 2.21. The van der Waals surface area contributed by atoms with Gasteiger partial charge in [-0.2, -0.15) is 0 Å². The number of rotatable bonds is 4. The van der Waals surface area contributed by atoms with E-state index in [0.29, 0.717) is 19.5 Å². The summed E-state index contributed by atoms with van der Waals surface area (Å²) in [7, 11) is 0. The molecule has 0 spiro atoms. The van der Waals surface area contributed by atoms with Gasteiger partial charge in [0.05, 0.1) is 0 Å². The van der Waals surface area contributed by atoms with Gasteiger partial charge in [-0.25, -0.2) is 8.78 Å². The maximum atomic E-state index is 13.0. The van der Waals surface area contributed by atoms with Crippen LogP contribution in [0.15, 0.2) is 24.3 Å². The van der Waals surface area contributed by atoms with Crippen molar-refractivity contribution in [1.29, 1.82) is 0 Å². The third kappa shape index (κ3) is 3.91. The van der Waals surface area contributed by atoms with Crippen LogP contribution in [-0.2, 0) is 11.2 Å². The summed E-state index contributed by atoms with van der Waals surface area (Å²) in [6.45, 7) is 0.705. The van der Waals surface area contributed by atoms with Gasteiger partial charge in [-0.05, 0) is 30.5 Å². The Balaban J connectivity index is 1.93. The largest absolute Gasteiger partial charge is 0.550 e. The molecule has 0 atom stereocenters. The van der Waals surface area contributed by atoms with Crippen molar-refractivity contribution < 1.29 is 18.7 Å². The number of carbonyl (C=O) groups excluding carboxylic acids is 1. The molecule has 0 unspecified atom stereocenters. The van der Waals surface area contributed by atoms with E-state index in [1.165, 1.54) is 0 Å². The van der Waals surface area contributed by atoms with E-state index in [9.17, 15) is 18.7 Å². The normalized spacial score (nSPS) is 18.3. The van der Waals surface area contributed by atoms with Crippen molar-refractivity contribution in [2.45, 2.75) is 31.6 Å². The van der Waals surface area contributed by atoms with Crippen LogP contribution in [0, 0.1) is 0 Å². The molecule has 1 aliphatic heterocycles. The number of carboxylic acids is 1. The fourth-order valence-electron chi connectivity index (χ4n) is 2.21. The topological polar surface area (TPSA) is 43.4 Å². The first-order valence-corrected chi connectivity index (χ1v) is 6.38. The van der Waals surface area contributed by atoms with Crippen LogP contribution in [0.5, 0.6) is 0 Å². The van der Waals surface area contributed by atoms with Crippen molar-refractivity contribution in [2.24, 2.45) is 0 Å². The van der Waals surface area contributed by atoms with E-state index in [-0.39, 0.29) is 19.3 Å². The molecule has 0 saturated carbocycles. The summed E-state index contributed by atoms with van der Waals surface area (Å²) in [6, 6.07) is 7.39. The third-order valence-corrected chi connectivity index (χ3v) is 3.41. The van der Waals surface area contributed by atoms with Crippen molar-refractivity contribution in [3.8, 4) is 0 Å². The van der Waals surface area contributed by atoms with Gasteiger partial charge in [0.25, 0.3) is 5.92 Å². The first-order chi connectivity index (χ1) is 8.96. The number of nitrogens with zero attached hydrogens (tertiary/aromatic N) is 1. The van der Waals surface area contributed by atoms with E-state index in [0.717, 1.165) is 11.3 Å². The van der Waals surface area contributed by atoms with Crippen LogP contribution in [0.25, 0.3) is 0 Å². The summed E-state index contributed by atoms with van der Waals surface area (Å²) in [4.78, 5) is 12.3. The number of aliphatic carboxylic acids is 1. The Morgan fingerprint density at radius 3 is 2.32 bits per heavy atom. The number of piperidine rings is 1. The molecular formula is C14H16F2NO2-. The molecule has 1 heterocycles. The zero-order chi connectivity index (χ0) is 13.9. The van der Waals surface area contributed by atoms with Crippen molar-refractivity contribution in [1.82, 2.24) is 0 Å². The highest BCUT2D eigenvalue weighted by molar-refractivity contribution is 5.64. The van der Waals surface area contributed by atoms with Gasteiger partial charge in [0.2, 0.25) is 0 Å². The Morgan fingerprint density at radius 1 is 1.21 bits per heavy atom. The summed E-state index contributed by atoms with van der Waals surface area (Å²) in [5.41, 5.74) is 1.82. The van der Waals surface area contributed by atoms with Crippen molar-refractivity contribution in [3.05, 3.63) is 29.8 Å². The summed E-state index contributed by atoms with van der Waals surface area (Å²) in [5, 5.41) is 10.4. The molecule has 0 aliphatic carbocycles. The van der Waals surface area contributed by atoms with Crippen LogP contribution in [0.3, 0.4) is 0 Å². The lowest BCUT2D eigenvalue weighted by Gasteiger charge is -2.33. The molecule has 0 aromatic heterocycles. The lowest BCUT2D eigenvalue weighted by molar-refractivity contribution is -0.305. The number of benzene rings is 1. The molecule has 1 aromatic rings. The maximum Gasteiger partial charge on any atom is 0.251 e. The highest BCUT2D eigenvalue weighted by atomic mass is 19.3. The molecule has 1 saturated heterocycles. The average molecular weight is 268 g/mol. The first-order valence-electron chi connectivity index (χ1n) is 6.38. The molecule has 1 fully saturated rings. The number of anilines is 1. The number of carboxylic acid groups (broad SMARTS) is 1. The van der Waals surface area contributed by atoms with Crippen LogP contribution in [-0.4, -0.2) is 25.0 Å². The summed E-state index contributed by atoms with van der Waals surface area (Å²) < 4.78 is 26.1. The minimum absolute atomic E-state index is 0.00468. The zero-order valence-corrected chi connectivity index (χ0v) is 10.6. The molecule has 1 aliphatic rings. The Hall–Kier alpha value is -1.65. The summed E-state index contributed by atoms with van der Waals surface area (Å²) in [6.07, 6.45) is 0.203. The molecule has 0 radical (unpaired) electrons. The molecule has 0 bridgehead atoms. The molecule has 104 valence electrons. The van der Waals surface area contributed by atoms with E-state index < -0.39 is 11.9 Å². The highest BCUT2D eigenvalue weighted by Gasteiger charge is 2.33. The number of carbonyl (C=O) groups is 1. The fraction of sp³-hybridized carbons (Fsp3) is 0.500. The zero-order valence-electron chi connectivity index (χ0n) is 10.6. The molecule has 0 amide bonds. The summed E-state index contributed by atoms with van der Waals surface area (Å²) in [5.74, 6) is -3.60. The van der Waals surface area contributed by atoms with Crippen LogP contribution < -0.4 is 10.0 Å². The first kappa shape index (κ1) is 13.8. The van der Waals surface area contributed by atoms with Crippen LogP contribution in [0.4, 0.5) is 14.5 Å². The third-order valence-electron chi connectivity index (χ3n) is 3.41. The van der Waals surface area contributed by atoms with Crippen LogP contribution >= 0.6 is 0 Å². The maximum absolute atomic E-state index is 13.0. The van der Waals surface area contributed by atoms with Crippen molar-refractivity contribution in [2.75, 3.05) is 18.0 Å². The Labute approximate surface area is 110 Å². The second-order valence-corrected chi connectivity index (χ2v) is 4.88. The van der Waals surface area contributed by atoms with Crippen LogP contribution in [0.2, 0.25) is 0 Å². The standard InChI is InChI=1S/C14H17F2NO2/c15-14(16)7-9-17(10-8-14)12-4-1-11(2-5-12)3-6-13(18)19/h1-2,4-5H,3,6-10H2,(H,18,19)/p-1. The van der Waals surface area contributed by atoms with Gasteiger partial charge < -0.3 is 14.8 Å². The summed E-state index contributed by atoms with van der Waals surface area (Å²) >= 11 is 0. The van der Waals surface area contributed by atoms with E-state index in [2.05, 4.69) is 0 Å². The number of hydrogen-bond acceptors (Lipinski definition) is 3. The van der Waals surface area contributed by atoms with Gasteiger partial charge >= 0.3 is 0 Å². The molecule has 5 heteroatoms. The molecule has 2 rings (SSSR count). The van der Waals surface area contributed by atoms with E-state index >= 15 is 0 Å². The van der Waals surface area contributed by atoms with Crippen LogP contribution in [0.1, 0.15) is 24.8 Å². The van der Waals surface area contributed by atoms with E-state index in [4.69, 9.17) is 0 Å². The predicted molar refractivity (Wildman–Crippen MR) is 66.2 cm³/mol. The lowest BCUT2D eigenvalue weighted by Crippen LogP contribution is -2.39.